The van der Waals surface area contributed by atoms with Gasteiger partial charge in [-0.05, 0) is 32.6 Å². The van der Waals surface area contributed by atoms with Crippen molar-refractivity contribution in [2.75, 3.05) is 46.1 Å². The van der Waals surface area contributed by atoms with Crippen molar-refractivity contribution >= 4 is 5.96 Å². The van der Waals surface area contributed by atoms with E-state index in [4.69, 9.17) is 19.9 Å². The molecule has 3 N–H and O–H groups in total. The van der Waals surface area contributed by atoms with Crippen LogP contribution in [0.4, 0.5) is 0 Å². The van der Waals surface area contributed by atoms with Gasteiger partial charge in [0.25, 0.3) is 0 Å². The summed E-state index contributed by atoms with van der Waals surface area (Å²) in [7, 11) is 0. The van der Waals surface area contributed by atoms with Crippen molar-refractivity contribution in [3.05, 3.63) is 0 Å². The maximum atomic E-state index is 5.74. The van der Waals surface area contributed by atoms with Gasteiger partial charge >= 0.3 is 0 Å². The molecule has 1 heterocycles. The standard InChI is InChI=1S/C14H29N3O3/c1-2-18-9-4-7-16-14(15)17-8-5-10-19-12-13-6-3-11-20-13/h13H,2-12H2,1H3,(H3,15,16,17). The van der Waals surface area contributed by atoms with Gasteiger partial charge in [-0.2, -0.15) is 0 Å². The Kier molecular flexibility index (Phi) is 10.3. The molecule has 1 aliphatic heterocycles. The highest BCUT2D eigenvalue weighted by Gasteiger charge is 2.14. The molecule has 1 atom stereocenters. The highest BCUT2D eigenvalue weighted by atomic mass is 16.5. The zero-order valence-corrected chi connectivity index (χ0v) is 12.6. The van der Waals surface area contributed by atoms with Crippen LogP contribution in [0.25, 0.3) is 0 Å². The molecule has 0 aromatic rings. The van der Waals surface area contributed by atoms with Crippen LogP contribution in [0.3, 0.4) is 0 Å². The van der Waals surface area contributed by atoms with Gasteiger partial charge in [-0.25, -0.2) is 0 Å². The molecule has 1 aliphatic rings. The smallest absolute Gasteiger partial charge is 0.188 e. The first-order valence-electron chi connectivity index (χ1n) is 7.63. The van der Waals surface area contributed by atoms with Gasteiger partial charge in [0.15, 0.2) is 5.96 Å². The Bertz CT molecular complexity index is 256. The van der Waals surface area contributed by atoms with Crippen LogP contribution in [0.1, 0.15) is 32.6 Å². The molecule has 6 nitrogen and oxygen atoms in total. The minimum atomic E-state index is 0.301. The first-order valence-corrected chi connectivity index (χ1v) is 7.63. The number of ether oxygens (including phenoxy) is 3. The predicted molar refractivity (Wildman–Crippen MR) is 80.0 cm³/mol. The number of nitrogens with zero attached hydrogens (tertiary/aromatic N) is 1. The first kappa shape index (κ1) is 17.2. The summed E-state index contributed by atoms with van der Waals surface area (Å²) in [6.45, 7) is 7.29. The molecular formula is C14H29N3O3. The van der Waals surface area contributed by atoms with Crippen molar-refractivity contribution < 1.29 is 14.2 Å². The van der Waals surface area contributed by atoms with Gasteiger partial charge in [-0.3, -0.25) is 4.99 Å². The summed E-state index contributed by atoms with van der Waals surface area (Å²) < 4.78 is 16.3. The molecule has 1 rings (SSSR count). The fourth-order valence-electron chi connectivity index (χ4n) is 1.95. The van der Waals surface area contributed by atoms with Gasteiger partial charge in [-0.15, -0.1) is 0 Å². The number of aliphatic imine (C=N–C) groups is 1. The molecule has 0 saturated carbocycles. The van der Waals surface area contributed by atoms with Gasteiger partial charge in [0.1, 0.15) is 0 Å². The van der Waals surface area contributed by atoms with Gasteiger partial charge in [0, 0.05) is 39.5 Å². The van der Waals surface area contributed by atoms with Crippen LogP contribution in [0.5, 0.6) is 0 Å². The Morgan fingerprint density at radius 1 is 1.35 bits per heavy atom. The lowest BCUT2D eigenvalue weighted by Crippen LogP contribution is -2.33. The van der Waals surface area contributed by atoms with Crippen molar-refractivity contribution in [3.8, 4) is 0 Å². The molecule has 0 aromatic carbocycles. The Morgan fingerprint density at radius 3 is 2.95 bits per heavy atom. The van der Waals surface area contributed by atoms with Crippen LogP contribution >= 0.6 is 0 Å². The molecule has 0 spiro atoms. The third-order valence-corrected chi connectivity index (χ3v) is 3.03. The van der Waals surface area contributed by atoms with E-state index in [0.717, 1.165) is 52.0 Å². The fraction of sp³-hybridized carbons (Fsp3) is 0.929. The summed E-state index contributed by atoms with van der Waals surface area (Å²) in [4.78, 5) is 4.24. The summed E-state index contributed by atoms with van der Waals surface area (Å²) in [5.41, 5.74) is 5.74. The van der Waals surface area contributed by atoms with E-state index in [9.17, 15) is 0 Å². The van der Waals surface area contributed by atoms with E-state index >= 15 is 0 Å². The number of guanidine groups is 1. The molecule has 1 unspecified atom stereocenters. The number of hydrogen-bond donors (Lipinski definition) is 2. The number of nitrogens with one attached hydrogen (secondary N) is 1. The average molecular weight is 287 g/mol. The SMILES string of the molecule is CCOCCCNC(N)=NCCCOCC1CCCO1. The second-order valence-electron chi connectivity index (χ2n) is 4.81. The van der Waals surface area contributed by atoms with E-state index in [1.807, 2.05) is 6.92 Å². The summed E-state index contributed by atoms with van der Waals surface area (Å²) in [6.07, 6.45) is 4.40. The zero-order chi connectivity index (χ0) is 14.5. The minimum absolute atomic E-state index is 0.301. The minimum Gasteiger partial charge on any atom is -0.382 e. The zero-order valence-electron chi connectivity index (χ0n) is 12.6. The predicted octanol–water partition coefficient (Wildman–Crippen LogP) is 0.903. The largest absolute Gasteiger partial charge is 0.382 e. The van der Waals surface area contributed by atoms with E-state index in [-0.39, 0.29) is 0 Å². The maximum Gasteiger partial charge on any atom is 0.188 e. The van der Waals surface area contributed by atoms with E-state index in [1.165, 1.54) is 0 Å². The maximum absolute atomic E-state index is 5.74. The van der Waals surface area contributed by atoms with Gasteiger partial charge in [0.2, 0.25) is 0 Å². The van der Waals surface area contributed by atoms with Crippen molar-refractivity contribution in [3.63, 3.8) is 0 Å². The Hall–Kier alpha value is -0.850. The van der Waals surface area contributed by atoms with Crippen molar-refractivity contribution in [1.82, 2.24) is 5.32 Å². The summed E-state index contributed by atoms with van der Waals surface area (Å²) in [6, 6.07) is 0. The molecule has 20 heavy (non-hydrogen) atoms. The lowest BCUT2D eigenvalue weighted by molar-refractivity contribution is 0.0171. The second-order valence-corrected chi connectivity index (χ2v) is 4.81. The van der Waals surface area contributed by atoms with E-state index in [1.54, 1.807) is 0 Å². The van der Waals surface area contributed by atoms with E-state index < -0.39 is 0 Å². The lowest BCUT2D eigenvalue weighted by Gasteiger charge is -2.09. The number of hydrogen-bond acceptors (Lipinski definition) is 4. The summed E-state index contributed by atoms with van der Waals surface area (Å²) in [5.74, 6) is 0.501. The van der Waals surface area contributed by atoms with Crippen molar-refractivity contribution in [1.29, 1.82) is 0 Å². The van der Waals surface area contributed by atoms with E-state index in [2.05, 4.69) is 10.3 Å². The molecule has 0 aliphatic carbocycles. The lowest BCUT2D eigenvalue weighted by atomic mass is 10.2. The number of rotatable bonds is 11. The van der Waals surface area contributed by atoms with Crippen LogP contribution in [-0.4, -0.2) is 58.2 Å². The Labute approximate surface area is 122 Å². The number of nitrogens with two attached hydrogens (primary N) is 1. The summed E-state index contributed by atoms with van der Waals surface area (Å²) >= 11 is 0. The normalized spacial score (nSPS) is 19.4. The van der Waals surface area contributed by atoms with Crippen LogP contribution in [0, 0.1) is 0 Å². The Morgan fingerprint density at radius 2 is 2.20 bits per heavy atom. The third kappa shape index (κ3) is 9.12. The molecule has 0 bridgehead atoms. The molecular weight excluding hydrogens is 258 g/mol. The van der Waals surface area contributed by atoms with Crippen LogP contribution in [0.15, 0.2) is 4.99 Å². The summed E-state index contributed by atoms with van der Waals surface area (Å²) in [5, 5.41) is 3.06. The van der Waals surface area contributed by atoms with Crippen molar-refractivity contribution in [2.45, 2.75) is 38.7 Å². The highest BCUT2D eigenvalue weighted by molar-refractivity contribution is 5.77. The fourth-order valence-corrected chi connectivity index (χ4v) is 1.95. The van der Waals surface area contributed by atoms with Crippen LogP contribution in [0.2, 0.25) is 0 Å². The van der Waals surface area contributed by atoms with E-state index in [0.29, 0.717) is 31.8 Å². The molecule has 1 fully saturated rings. The molecule has 118 valence electrons. The van der Waals surface area contributed by atoms with Gasteiger partial charge in [-0.1, -0.05) is 0 Å². The monoisotopic (exact) mass is 287 g/mol. The quantitative estimate of drug-likeness (QED) is 0.335. The Balaban J connectivity index is 1.86. The first-order chi connectivity index (χ1) is 9.83. The molecule has 6 heteroatoms. The molecule has 0 amide bonds. The average Bonchev–Trinajstić information content (AvgIpc) is 2.95. The third-order valence-electron chi connectivity index (χ3n) is 3.03. The van der Waals surface area contributed by atoms with Gasteiger partial charge < -0.3 is 25.3 Å². The van der Waals surface area contributed by atoms with Crippen LogP contribution < -0.4 is 11.1 Å². The van der Waals surface area contributed by atoms with Gasteiger partial charge in [0.05, 0.1) is 12.7 Å². The molecule has 1 saturated heterocycles. The second kappa shape index (κ2) is 11.9. The molecule has 0 aromatic heterocycles. The van der Waals surface area contributed by atoms with Crippen molar-refractivity contribution in [2.24, 2.45) is 10.7 Å². The highest BCUT2D eigenvalue weighted by Crippen LogP contribution is 2.11. The molecule has 0 radical (unpaired) electrons. The topological polar surface area (TPSA) is 78.1 Å². The van der Waals surface area contributed by atoms with Crippen LogP contribution in [-0.2, 0) is 14.2 Å².